The van der Waals surface area contributed by atoms with E-state index in [1.165, 1.54) is 11.0 Å². The summed E-state index contributed by atoms with van der Waals surface area (Å²) >= 11 is 0. The largest absolute Gasteiger partial charge is 0.483 e. The van der Waals surface area contributed by atoms with Gasteiger partial charge < -0.3 is 9.26 Å². The lowest BCUT2D eigenvalue weighted by atomic mass is 9.74. The topological polar surface area (TPSA) is 72.6 Å². The molecule has 0 radical (unpaired) electrons. The first-order valence-corrected chi connectivity index (χ1v) is 9.92. The zero-order chi connectivity index (χ0) is 20.3. The van der Waals surface area contributed by atoms with Crippen LogP contribution in [0.3, 0.4) is 0 Å². The minimum absolute atomic E-state index is 0.0275. The van der Waals surface area contributed by atoms with Crippen LogP contribution >= 0.6 is 0 Å². The fourth-order valence-corrected chi connectivity index (χ4v) is 4.77. The van der Waals surface area contributed by atoms with E-state index < -0.39 is 17.8 Å². The van der Waals surface area contributed by atoms with Crippen molar-refractivity contribution < 1.29 is 23.2 Å². The molecule has 150 valence electrons. The number of carbonyl (C=O) groups excluding carboxylic acids is 2. The van der Waals surface area contributed by atoms with Crippen LogP contribution in [0.25, 0.3) is 0 Å². The van der Waals surface area contributed by atoms with Crippen LogP contribution in [0, 0.1) is 24.6 Å². The van der Waals surface area contributed by atoms with Crippen LogP contribution in [0.5, 0.6) is 0 Å². The Hall–Kier alpha value is -2.96. The summed E-state index contributed by atoms with van der Waals surface area (Å²) in [6, 6.07) is 6.86. The average molecular weight is 396 g/mol. The number of rotatable bonds is 2. The summed E-state index contributed by atoms with van der Waals surface area (Å²) in [5, 5.41) is 3.95. The third kappa shape index (κ3) is 2.71. The molecule has 6 nitrogen and oxygen atoms in total. The number of aryl methyl sites for hydroxylation is 1. The van der Waals surface area contributed by atoms with Gasteiger partial charge >= 0.3 is 0 Å². The predicted octanol–water partition coefficient (Wildman–Crippen LogP) is 3.87. The van der Waals surface area contributed by atoms with Crippen molar-refractivity contribution in [2.45, 2.75) is 45.3 Å². The molecule has 2 aromatic rings. The van der Waals surface area contributed by atoms with Crippen molar-refractivity contribution in [1.82, 2.24) is 5.16 Å². The van der Waals surface area contributed by atoms with Gasteiger partial charge in [0.2, 0.25) is 0 Å². The van der Waals surface area contributed by atoms with Crippen LogP contribution in [0.1, 0.15) is 43.6 Å². The summed E-state index contributed by atoms with van der Waals surface area (Å²) < 4.78 is 26.0. The van der Waals surface area contributed by atoms with Crippen LogP contribution in [-0.2, 0) is 14.3 Å². The number of aromatic nitrogens is 1. The minimum Gasteiger partial charge on any atom is -0.483 e. The molecule has 1 aliphatic carbocycles. The summed E-state index contributed by atoms with van der Waals surface area (Å²) in [6.07, 6.45) is 2.09. The van der Waals surface area contributed by atoms with Gasteiger partial charge in [-0.3, -0.25) is 14.5 Å². The first kappa shape index (κ1) is 18.1. The lowest BCUT2D eigenvalue weighted by Crippen LogP contribution is -2.41. The van der Waals surface area contributed by atoms with Crippen LogP contribution in [0.2, 0.25) is 0 Å². The maximum atomic E-state index is 14.8. The Morgan fingerprint density at radius 3 is 2.72 bits per heavy atom. The molecular weight excluding hydrogens is 375 g/mol. The van der Waals surface area contributed by atoms with Gasteiger partial charge in [-0.25, -0.2) is 4.39 Å². The van der Waals surface area contributed by atoms with Gasteiger partial charge in [-0.05, 0) is 38.2 Å². The predicted molar refractivity (Wildman–Crippen MR) is 101 cm³/mol. The molecule has 0 N–H and O–H groups in total. The Labute approximate surface area is 167 Å². The molecule has 4 unspecified atom stereocenters. The van der Waals surface area contributed by atoms with Crippen molar-refractivity contribution in [1.29, 1.82) is 0 Å². The molecule has 1 amide bonds. The van der Waals surface area contributed by atoms with Crippen molar-refractivity contribution in [3.05, 3.63) is 58.8 Å². The van der Waals surface area contributed by atoms with Crippen LogP contribution in [-0.4, -0.2) is 23.0 Å². The van der Waals surface area contributed by atoms with Gasteiger partial charge in [0.15, 0.2) is 17.4 Å². The van der Waals surface area contributed by atoms with Crippen molar-refractivity contribution in [2.75, 3.05) is 4.90 Å². The minimum atomic E-state index is -0.922. The number of amides is 1. The van der Waals surface area contributed by atoms with Gasteiger partial charge in [0, 0.05) is 11.6 Å². The number of hydrogen-bond donors (Lipinski definition) is 0. The Morgan fingerprint density at radius 1 is 1.21 bits per heavy atom. The molecular formula is C22H21FN2O4. The molecule has 0 spiro atoms. The highest BCUT2D eigenvalue weighted by Crippen LogP contribution is 2.49. The molecule has 0 bridgehead atoms. The van der Waals surface area contributed by atoms with E-state index in [9.17, 15) is 14.0 Å². The van der Waals surface area contributed by atoms with Crippen molar-refractivity contribution in [3.8, 4) is 0 Å². The van der Waals surface area contributed by atoms with E-state index in [1.807, 2.05) is 0 Å². The maximum absolute atomic E-state index is 14.8. The number of fused-ring (bicyclic) bond motifs is 1. The number of ether oxygens (including phenoxy) is 1. The summed E-state index contributed by atoms with van der Waals surface area (Å²) in [5.41, 5.74) is 0.474. The van der Waals surface area contributed by atoms with Crippen LogP contribution in [0.15, 0.2) is 46.2 Å². The lowest BCUT2D eigenvalue weighted by molar-refractivity contribution is -0.132. The Morgan fingerprint density at radius 2 is 2.00 bits per heavy atom. The molecule has 5 rings (SSSR count). The second kappa shape index (κ2) is 6.54. The second-order valence-corrected chi connectivity index (χ2v) is 8.18. The summed E-state index contributed by atoms with van der Waals surface area (Å²) in [5.74, 6) is -0.208. The number of anilines is 1. The molecule has 0 saturated heterocycles. The monoisotopic (exact) mass is 396 g/mol. The number of benzene rings is 1. The zero-order valence-electron chi connectivity index (χ0n) is 16.2. The van der Waals surface area contributed by atoms with E-state index >= 15 is 0 Å². The van der Waals surface area contributed by atoms with Gasteiger partial charge in [-0.15, -0.1) is 0 Å². The summed E-state index contributed by atoms with van der Waals surface area (Å²) in [4.78, 5) is 28.2. The van der Waals surface area contributed by atoms with E-state index in [1.54, 1.807) is 31.2 Å². The highest BCUT2D eigenvalue weighted by atomic mass is 19.1. The molecule has 3 heterocycles. The molecule has 7 heteroatoms. The number of carbonyl (C=O) groups is 2. The van der Waals surface area contributed by atoms with E-state index in [0.717, 1.165) is 12.8 Å². The fraction of sp³-hybridized carbons (Fsp3) is 0.409. The smallest absolute Gasteiger partial charge is 0.295 e. The van der Waals surface area contributed by atoms with Gasteiger partial charge in [-0.1, -0.05) is 30.3 Å². The SMILES string of the molecule is Cc1cc(N2C(=O)C3=C(C(=O)C4CC(C)CCC4O3)C2c2ccccc2F)no1. The normalized spacial score (nSPS) is 29.0. The molecule has 1 aromatic heterocycles. The van der Waals surface area contributed by atoms with E-state index in [0.29, 0.717) is 18.1 Å². The van der Waals surface area contributed by atoms with Gasteiger partial charge in [0.25, 0.3) is 5.91 Å². The zero-order valence-corrected chi connectivity index (χ0v) is 16.2. The standard InChI is InChI=1S/C22H21FN2O4/c1-11-7-8-16-14(9-11)20(26)18-19(13-5-3-4-6-15(13)23)25(22(27)21(18)28-16)17-10-12(2)29-24-17/h3-6,10-11,14,16,19H,7-9H2,1-2H3. The molecule has 3 aliphatic rings. The fourth-order valence-electron chi connectivity index (χ4n) is 4.77. The molecule has 1 fully saturated rings. The Kier molecular flexibility index (Phi) is 4.08. The number of halogens is 1. The molecule has 1 saturated carbocycles. The number of ketones is 1. The quantitative estimate of drug-likeness (QED) is 0.771. The average Bonchev–Trinajstić information content (AvgIpc) is 3.24. The Balaban J connectivity index is 1.67. The van der Waals surface area contributed by atoms with E-state index in [2.05, 4.69) is 12.1 Å². The number of nitrogens with zero attached hydrogens (tertiary/aromatic N) is 2. The van der Waals surface area contributed by atoms with Gasteiger partial charge in [-0.2, -0.15) is 0 Å². The third-order valence-corrected chi connectivity index (χ3v) is 6.17. The van der Waals surface area contributed by atoms with Crippen LogP contribution < -0.4 is 4.90 Å². The van der Waals surface area contributed by atoms with E-state index in [4.69, 9.17) is 9.26 Å². The maximum Gasteiger partial charge on any atom is 0.295 e. The third-order valence-electron chi connectivity index (χ3n) is 6.17. The summed E-state index contributed by atoms with van der Waals surface area (Å²) in [6.45, 7) is 3.83. The highest BCUT2D eigenvalue weighted by Gasteiger charge is 2.54. The van der Waals surface area contributed by atoms with Crippen molar-refractivity contribution in [2.24, 2.45) is 11.8 Å². The molecule has 2 aliphatic heterocycles. The van der Waals surface area contributed by atoms with Crippen molar-refractivity contribution in [3.63, 3.8) is 0 Å². The van der Waals surface area contributed by atoms with E-state index in [-0.39, 0.29) is 40.5 Å². The first-order valence-electron chi connectivity index (χ1n) is 9.92. The molecule has 1 aromatic carbocycles. The second-order valence-electron chi connectivity index (χ2n) is 8.18. The lowest BCUT2D eigenvalue weighted by Gasteiger charge is -2.37. The molecule has 29 heavy (non-hydrogen) atoms. The van der Waals surface area contributed by atoms with Gasteiger partial charge in [0.05, 0.1) is 17.5 Å². The van der Waals surface area contributed by atoms with Gasteiger partial charge in [0.1, 0.15) is 17.7 Å². The Bertz CT molecular complexity index is 1040. The highest BCUT2D eigenvalue weighted by molar-refractivity contribution is 6.17. The van der Waals surface area contributed by atoms with Crippen molar-refractivity contribution >= 4 is 17.5 Å². The summed E-state index contributed by atoms with van der Waals surface area (Å²) in [7, 11) is 0. The van der Waals surface area contributed by atoms with Crippen LogP contribution in [0.4, 0.5) is 10.2 Å². The molecule has 4 atom stereocenters. The number of hydrogen-bond acceptors (Lipinski definition) is 5. The first-order chi connectivity index (χ1) is 14.0. The number of Topliss-reactive ketones (excluding diaryl/α,β-unsaturated/α-hetero) is 1.